The van der Waals surface area contributed by atoms with Gasteiger partial charge in [0.05, 0.1) is 5.92 Å². The largest absolute Gasteiger partial charge is 0.481 e. The van der Waals surface area contributed by atoms with Gasteiger partial charge in [0.25, 0.3) is 0 Å². The van der Waals surface area contributed by atoms with Gasteiger partial charge in [-0.25, -0.2) is 9.97 Å². The molecule has 2 fully saturated rings. The molecule has 1 aromatic rings. The van der Waals surface area contributed by atoms with Crippen LogP contribution in [0.1, 0.15) is 37.7 Å². The number of carboxylic acid groups (broad SMARTS) is 1. The van der Waals surface area contributed by atoms with E-state index in [2.05, 4.69) is 21.8 Å². The smallest absolute Gasteiger partial charge is 0.308 e. The molecule has 0 amide bonds. The fraction of sp³-hybridized carbons (Fsp3) is 0.643. The number of carboxylic acids is 1. The molecule has 2 aliphatic rings. The number of carbonyl (C=O) groups is 1. The minimum atomic E-state index is -0.668. The highest BCUT2D eigenvalue weighted by Gasteiger charge is 2.49. The van der Waals surface area contributed by atoms with Crippen LogP contribution in [0.2, 0.25) is 0 Å². The molecule has 2 saturated heterocycles. The van der Waals surface area contributed by atoms with Crippen molar-refractivity contribution in [3.05, 3.63) is 17.6 Å². The molecule has 0 aromatic carbocycles. The van der Waals surface area contributed by atoms with Crippen molar-refractivity contribution in [1.82, 2.24) is 9.97 Å². The van der Waals surface area contributed by atoms with Crippen LogP contribution in [0.5, 0.6) is 0 Å². The van der Waals surface area contributed by atoms with E-state index in [4.69, 9.17) is 0 Å². The molecule has 2 bridgehead atoms. The second kappa shape index (κ2) is 4.47. The average molecular weight is 261 g/mol. The monoisotopic (exact) mass is 261 g/mol. The molecule has 0 radical (unpaired) electrons. The SMILES string of the molecule is CCc1cc(N2C3CCC2C(C(=O)O)C3)nc(C)n1. The van der Waals surface area contributed by atoms with Gasteiger partial charge in [0.2, 0.25) is 0 Å². The van der Waals surface area contributed by atoms with E-state index in [-0.39, 0.29) is 12.0 Å². The third-order valence-electron chi connectivity index (χ3n) is 4.36. The zero-order valence-electron chi connectivity index (χ0n) is 11.3. The summed E-state index contributed by atoms with van der Waals surface area (Å²) in [4.78, 5) is 22.4. The molecule has 0 spiro atoms. The predicted molar refractivity (Wildman–Crippen MR) is 71.2 cm³/mol. The molecule has 1 N–H and O–H groups in total. The van der Waals surface area contributed by atoms with Gasteiger partial charge in [-0.2, -0.15) is 0 Å². The summed E-state index contributed by atoms with van der Waals surface area (Å²) < 4.78 is 0. The Morgan fingerprint density at radius 1 is 1.47 bits per heavy atom. The van der Waals surface area contributed by atoms with Gasteiger partial charge in [-0.15, -0.1) is 0 Å². The first kappa shape index (κ1) is 12.4. The van der Waals surface area contributed by atoms with Crippen molar-refractivity contribution in [3.63, 3.8) is 0 Å². The summed E-state index contributed by atoms with van der Waals surface area (Å²) in [5.41, 5.74) is 1.03. The Morgan fingerprint density at radius 2 is 2.26 bits per heavy atom. The first-order valence-corrected chi connectivity index (χ1v) is 6.96. The lowest BCUT2D eigenvalue weighted by atomic mass is 9.89. The van der Waals surface area contributed by atoms with Crippen LogP contribution in [0.4, 0.5) is 5.82 Å². The van der Waals surface area contributed by atoms with Gasteiger partial charge in [-0.1, -0.05) is 6.92 Å². The second-order valence-electron chi connectivity index (χ2n) is 5.50. The summed E-state index contributed by atoms with van der Waals surface area (Å²) in [7, 11) is 0. The van der Waals surface area contributed by atoms with Crippen molar-refractivity contribution < 1.29 is 9.90 Å². The lowest BCUT2D eigenvalue weighted by molar-refractivity contribution is -0.142. The lowest BCUT2D eigenvalue weighted by Crippen LogP contribution is -2.33. The zero-order chi connectivity index (χ0) is 13.6. The molecule has 0 saturated carbocycles. The van der Waals surface area contributed by atoms with Crippen molar-refractivity contribution in [1.29, 1.82) is 0 Å². The predicted octanol–water partition coefficient (Wildman–Crippen LogP) is 1.79. The summed E-state index contributed by atoms with van der Waals surface area (Å²) in [6.45, 7) is 3.97. The average Bonchev–Trinajstić information content (AvgIpc) is 2.95. The first-order chi connectivity index (χ1) is 9.10. The van der Waals surface area contributed by atoms with Crippen molar-refractivity contribution in [3.8, 4) is 0 Å². The van der Waals surface area contributed by atoms with Crippen LogP contribution in [0.25, 0.3) is 0 Å². The van der Waals surface area contributed by atoms with Gasteiger partial charge >= 0.3 is 5.97 Å². The van der Waals surface area contributed by atoms with Crippen molar-refractivity contribution in [2.75, 3.05) is 4.90 Å². The summed E-state index contributed by atoms with van der Waals surface area (Å²) in [6, 6.07) is 2.47. The summed E-state index contributed by atoms with van der Waals surface area (Å²) in [5, 5.41) is 9.30. The number of anilines is 1. The fourth-order valence-corrected chi connectivity index (χ4v) is 3.54. The van der Waals surface area contributed by atoms with E-state index in [1.54, 1.807) is 0 Å². The topological polar surface area (TPSA) is 66.3 Å². The van der Waals surface area contributed by atoms with Gasteiger partial charge in [0.1, 0.15) is 11.6 Å². The quantitative estimate of drug-likeness (QED) is 0.898. The number of aliphatic carboxylic acids is 1. The van der Waals surface area contributed by atoms with Crippen LogP contribution in [0.3, 0.4) is 0 Å². The number of hydrogen-bond donors (Lipinski definition) is 1. The van der Waals surface area contributed by atoms with E-state index in [0.29, 0.717) is 6.04 Å². The third kappa shape index (κ3) is 1.97. The van der Waals surface area contributed by atoms with E-state index in [9.17, 15) is 9.90 Å². The number of aryl methyl sites for hydroxylation is 2. The summed E-state index contributed by atoms with van der Waals surface area (Å²) in [5.74, 6) is 0.783. The Balaban J connectivity index is 1.95. The Kier molecular flexibility index (Phi) is 2.92. The Hall–Kier alpha value is -1.65. The molecule has 3 heterocycles. The Morgan fingerprint density at radius 3 is 2.89 bits per heavy atom. The van der Waals surface area contributed by atoms with Crippen molar-refractivity contribution in [2.45, 2.75) is 51.6 Å². The zero-order valence-corrected chi connectivity index (χ0v) is 11.3. The highest BCUT2D eigenvalue weighted by atomic mass is 16.4. The maximum atomic E-state index is 11.3. The van der Waals surface area contributed by atoms with Crippen molar-refractivity contribution >= 4 is 11.8 Å². The molecule has 5 nitrogen and oxygen atoms in total. The molecule has 1 aromatic heterocycles. The normalized spacial score (nSPS) is 28.9. The van der Waals surface area contributed by atoms with E-state index in [0.717, 1.165) is 43.0 Å². The molecular formula is C14H19N3O2. The highest BCUT2D eigenvalue weighted by molar-refractivity contribution is 5.73. The van der Waals surface area contributed by atoms with Crippen LogP contribution in [0.15, 0.2) is 6.07 Å². The maximum Gasteiger partial charge on any atom is 0.308 e. The molecule has 0 aliphatic carbocycles. The molecular weight excluding hydrogens is 242 g/mol. The first-order valence-electron chi connectivity index (χ1n) is 6.96. The third-order valence-corrected chi connectivity index (χ3v) is 4.36. The maximum absolute atomic E-state index is 11.3. The second-order valence-corrected chi connectivity index (χ2v) is 5.50. The van der Waals surface area contributed by atoms with Gasteiger partial charge in [-0.05, 0) is 32.6 Å². The molecule has 2 aliphatic heterocycles. The van der Waals surface area contributed by atoms with Crippen LogP contribution < -0.4 is 4.90 Å². The van der Waals surface area contributed by atoms with Crippen LogP contribution >= 0.6 is 0 Å². The van der Waals surface area contributed by atoms with E-state index in [1.165, 1.54) is 0 Å². The molecule has 102 valence electrons. The van der Waals surface area contributed by atoms with Gasteiger partial charge < -0.3 is 10.0 Å². The number of hydrogen-bond acceptors (Lipinski definition) is 4. The molecule has 19 heavy (non-hydrogen) atoms. The fourth-order valence-electron chi connectivity index (χ4n) is 3.54. The van der Waals surface area contributed by atoms with E-state index < -0.39 is 5.97 Å². The Bertz CT molecular complexity index is 517. The van der Waals surface area contributed by atoms with Crippen molar-refractivity contribution in [2.24, 2.45) is 5.92 Å². The van der Waals surface area contributed by atoms with Crippen LogP contribution in [0, 0.1) is 12.8 Å². The minimum Gasteiger partial charge on any atom is -0.481 e. The lowest BCUT2D eigenvalue weighted by Gasteiger charge is -2.24. The number of aromatic nitrogens is 2. The molecule has 3 rings (SSSR count). The number of rotatable bonds is 3. The standard InChI is InChI=1S/C14H19N3O2/c1-3-9-6-13(16-8(2)15-9)17-10-4-5-12(17)11(7-10)14(18)19/h6,10-12H,3-5,7H2,1-2H3,(H,18,19). The van der Waals surface area contributed by atoms with Gasteiger partial charge in [0, 0.05) is 23.8 Å². The molecule has 3 unspecified atom stereocenters. The van der Waals surface area contributed by atoms with E-state index in [1.807, 2.05) is 13.0 Å². The van der Waals surface area contributed by atoms with E-state index >= 15 is 0 Å². The summed E-state index contributed by atoms with van der Waals surface area (Å²) >= 11 is 0. The molecule has 5 heteroatoms. The summed E-state index contributed by atoms with van der Waals surface area (Å²) in [6.07, 6.45) is 3.68. The van der Waals surface area contributed by atoms with Crippen LogP contribution in [-0.2, 0) is 11.2 Å². The van der Waals surface area contributed by atoms with Gasteiger partial charge in [-0.3, -0.25) is 4.79 Å². The minimum absolute atomic E-state index is 0.113. The Labute approximate surface area is 112 Å². The van der Waals surface area contributed by atoms with Crippen LogP contribution in [-0.4, -0.2) is 33.1 Å². The van der Waals surface area contributed by atoms with Gasteiger partial charge in [0.15, 0.2) is 0 Å². The highest BCUT2D eigenvalue weighted by Crippen LogP contribution is 2.44. The molecule has 3 atom stereocenters. The number of nitrogens with zero attached hydrogens (tertiary/aromatic N) is 3. The number of fused-ring (bicyclic) bond motifs is 2.